The Morgan fingerprint density at radius 2 is 1.71 bits per heavy atom. The van der Waals surface area contributed by atoms with Gasteiger partial charge in [-0.25, -0.2) is 0 Å². The standard InChI is InChI=1S/C27H36N4O3/c1-5-11-19(24(28)32)21(16-17(2)3)26(33)30-25-27(34)31(4)22-15-10-9-14-20(22)23(29-25)18-12-7-6-8-13-18/h6-10,12-15,17,19,21,23,25,29H,5,11,16H2,1-4H3,(H2,28,32)(H,30,33)/t19-,21+,23?,25+/m0/s1. The Hall–Kier alpha value is -3.19. The maximum atomic E-state index is 13.5. The van der Waals surface area contributed by atoms with Crippen LogP contribution in [-0.2, 0) is 14.4 Å². The number of hydrogen-bond donors (Lipinski definition) is 3. The number of nitrogens with zero attached hydrogens (tertiary/aromatic N) is 1. The van der Waals surface area contributed by atoms with Crippen molar-refractivity contribution in [1.29, 1.82) is 0 Å². The minimum Gasteiger partial charge on any atom is -0.369 e. The maximum absolute atomic E-state index is 13.5. The maximum Gasteiger partial charge on any atom is 0.264 e. The highest BCUT2D eigenvalue weighted by Crippen LogP contribution is 2.33. The number of carbonyl (C=O) groups excluding carboxylic acids is 3. The van der Waals surface area contributed by atoms with Crippen LogP contribution < -0.4 is 21.3 Å². The smallest absolute Gasteiger partial charge is 0.264 e. The summed E-state index contributed by atoms with van der Waals surface area (Å²) in [5.74, 6) is -2.06. The second kappa shape index (κ2) is 11.3. The number of benzene rings is 2. The molecule has 4 atom stereocenters. The normalized spacial score (nSPS) is 19.8. The molecule has 1 aliphatic rings. The summed E-state index contributed by atoms with van der Waals surface area (Å²) in [6, 6.07) is 17.2. The lowest BCUT2D eigenvalue weighted by molar-refractivity contribution is -0.136. The highest BCUT2D eigenvalue weighted by molar-refractivity contribution is 6.00. The number of para-hydroxylation sites is 1. The molecular weight excluding hydrogens is 428 g/mol. The van der Waals surface area contributed by atoms with Crippen LogP contribution in [0.4, 0.5) is 5.69 Å². The number of likely N-dealkylation sites (N-methyl/N-ethyl adjacent to an activating group) is 1. The molecular formula is C27H36N4O3. The lowest BCUT2D eigenvalue weighted by Crippen LogP contribution is -2.57. The first-order valence-electron chi connectivity index (χ1n) is 12.0. The molecule has 7 heteroatoms. The number of primary amides is 1. The van der Waals surface area contributed by atoms with E-state index in [1.54, 1.807) is 11.9 Å². The predicted molar refractivity (Wildman–Crippen MR) is 134 cm³/mol. The lowest BCUT2D eigenvalue weighted by atomic mass is 9.81. The zero-order valence-electron chi connectivity index (χ0n) is 20.5. The first-order valence-corrected chi connectivity index (χ1v) is 12.0. The molecule has 0 radical (unpaired) electrons. The molecule has 0 saturated heterocycles. The first kappa shape index (κ1) is 25.4. The molecule has 1 aliphatic heterocycles. The van der Waals surface area contributed by atoms with E-state index in [1.807, 2.05) is 75.4 Å². The van der Waals surface area contributed by atoms with Crippen LogP contribution in [0.25, 0.3) is 0 Å². The molecule has 2 aromatic carbocycles. The fourth-order valence-electron chi connectivity index (χ4n) is 4.77. The minimum absolute atomic E-state index is 0.191. The third kappa shape index (κ3) is 5.65. The second-order valence-electron chi connectivity index (χ2n) is 9.44. The van der Waals surface area contributed by atoms with E-state index in [0.29, 0.717) is 12.8 Å². The van der Waals surface area contributed by atoms with Gasteiger partial charge < -0.3 is 16.0 Å². The van der Waals surface area contributed by atoms with E-state index in [-0.39, 0.29) is 23.8 Å². The molecule has 0 bridgehead atoms. The number of anilines is 1. The van der Waals surface area contributed by atoms with E-state index in [2.05, 4.69) is 10.6 Å². The number of nitrogens with two attached hydrogens (primary N) is 1. The third-order valence-electron chi connectivity index (χ3n) is 6.45. The van der Waals surface area contributed by atoms with Gasteiger partial charge in [0.1, 0.15) is 0 Å². The van der Waals surface area contributed by atoms with Crippen LogP contribution in [0.5, 0.6) is 0 Å². The van der Waals surface area contributed by atoms with E-state index in [9.17, 15) is 14.4 Å². The van der Waals surface area contributed by atoms with Gasteiger partial charge in [-0.1, -0.05) is 75.7 Å². The van der Waals surface area contributed by atoms with Crippen molar-refractivity contribution >= 4 is 23.4 Å². The summed E-state index contributed by atoms with van der Waals surface area (Å²) in [5.41, 5.74) is 8.40. The molecule has 0 aromatic heterocycles. The Morgan fingerprint density at radius 3 is 2.32 bits per heavy atom. The summed E-state index contributed by atoms with van der Waals surface area (Å²) >= 11 is 0. The molecule has 3 amide bonds. The number of fused-ring (bicyclic) bond motifs is 1. The van der Waals surface area contributed by atoms with Crippen LogP contribution in [0.1, 0.15) is 57.2 Å². The summed E-state index contributed by atoms with van der Waals surface area (Å²) in [6.45, 7) is 5.98. The molecule has 1 unspecified atom stereocenters. The number of rotatable bonds is 9. The van der Waals surface area contributed by atoms with Crippen molar-refractivity contribution in [3.05, 3.63) is 65.7 Å². The zero-order valence-corrected chi connectivity index (χ0v) is 20.5. The molecule has 4 N–H and O–H groups in total. The molecule has 0 saturated carbocycles. The third-order valence-corrected chi connectivity index (χ3v) is 6.45. The van der Waals surface area contributed by atoms with Crippen molar-refractivity contribution < 1.29 is 14.4 Å². The van der Waals surface area contributed by atoms with Gasteiger partial charge in [-0.05, 0) is 36.0 Å². The highest BCUT2D eigenvalue weighted by atomic mass is 16.2. The average molecular weight is 465 g/mol. The minimum atomic E-state index is -0.958. The van der Waals surface area contributed by atoms with E-state index >= 15 is 0 Å². The Kier molecular flexibility index (Phi) is 8.45. The Bertz CT molecular complexity index is 1010. The molecule has 2 aromatic rings. The monoisotopic (exact) mass is 464 g/mol. The fraction of sp³-hybridized carbons (Fsp3) is 0.444. The molecule has 7 nitrogen and oxygen atoms in total. The molecule has 3 rings (SSSR count). The van der Waals surface area contributed by atoms with Crippen LogP contribution in [-0.4, -0.2) is 30.9 Å². The molecule has 34 heavy (non-hydrogen) atoms. The molecule has 182 valence electrons. The predicted octanol–water partition coefficient (Wildman–Crippen LogP) is 3.35. The number of nitrogens with one attached hydrogen (secondary N) is 2. The van der Waals surface area contributed by atoms with Crippen molar-refractivity contribution in [2.24, 2.45) is 23.5 Å². The molecule has 0 aliphatic carbocycles. The van der Waals surface area contributed by atoms with E-state index in [1.165, 1.54) is 0 Å². The average Bonchev–Trinajstić information content (AvgIpc) is 2.92. The van der Waals surface area contributed by atoms with Gasteiger partial charge in [0.25, 0.3) is 5.91 Å². The van der Waals surface area contributed by atoms with Crippen molar-refractivity contribution in [2.75, 3.05) is 11.9 Å². The fourth-order valence-corrected chi connectivity index (χ4v) is 4.77. The van der Waals surface area contributed by atoms with Gasteiger partial charge >= 0.3 is 0 Å². The molecule has 1 heterocycles. The van der Waals surface area contributed by atoms with Gasteiger partial charge in [0, 0.05) is 24.6 Å². The van der Waals surface area contributed by atoms with Gasteiger partial charge in [0.15, 0.2) is 6.17 Å². The van der Waals surface area contributed by atoms with Crippen LogP contribution in [0, 0.1) is 17.8 Å². The largest absolute Gasteiger partial charge is 0.369 e. The van der Waals surface area contributed by atoms with Crippen molar-refractivity contribution in [2.45, 2.75) is 52.2 Å². The van der Waals surface area contributed by atoms with Crippen LogP contribution >= 0.6 is 0 Å². The summed E-state index contributed by atoms with van der Waals surface area (Å²) in [4.78, 5) is 40.8. The summed E-state index contributed by atoms with van der Waals surface area (Å²) in [5, 5.41) is 6.29. The SMILES string of the molecule is CCC[C@H](C(N)=O)[C@@H](CC(C)C)C(=O)N[C@H]1NC(c2ccccc2)c2ccccc2N(C)C1=O. The van der Waals surface area contributed by atoms with Gasteiger partial charge in [0.05, 0.1) is 6.04 Å². The topological polar surface area (TPSA) is 105 Å². The Morgan fingerprint density at radius 1 is 1.06 bits per heavy atom. The second-order valence-corrected chi connectivity index (χ2v) is 9.44. The summed E-state index contributed by atoms with van der Waals surface area (Å²) < 4.78 is 0. The zero-order chi connectivity index (χ0) is 24.8. The van der Waals surface area contributed by atoms with Crippen molar-refractivity contribution in [3.63, 3.8) is 0 Å². The lowest BCUT2D eigenvalue weighted by Gasteiger charge is -2.29. The van der Waals surface area contributed by atoms with Crippen LogP contribution in [0.15, 0.2) is 54.6 Å². The Labute approximate surface area is 202 Å². The summed E-state index contributed by atoms with van der Waals surface area (Å²) in [7, 11) is 1.71. The van der Waals surface area contributed by atoms with Crippen LogP contribution in [0.2, 0.25) is 0 Å². The first-order chi connectivity index (χ1) is 16.2. The van der Waals surface area contributed by atoms with Gasteiger partial charge in [-0.15, -0.1) is 0 Å². The van der Waals surface area contributed by atoms with Gasteiger partial charge in [0.2, 0.25) is 11.8 Å². The number of hydrogen-bond acceptors (Lipinski definition) is 4. The number of amides is 3. The van der Waals surface area contributed by atoms with E-state index in [4.69, 9.17) is 5.73 Å². The Balaban J connectivity index is 1.95. The summed E-state index contributed by atoms with van der Waals surface area (Å²) in [6.07, 6.45) is 0.826. The van der Waals surface area contributed by atoms with Gasteiger partial charge in [-0.3, -0.25) is 19.7 Å². The van der Waals surface area contributed by atoms with Crippen molar-refractivity contribution in [1.82, 2.24) is 10.6 Å². The van der Waals surface area contributed by atoms with Crippen molar-refractivity contribution in [3.8, 4) is 0 Å². The van der Waals surface area contributed by atoms with Crippen LogP contribution in [0.3, 0.4) is 0 Å². The highest BCUT2D eigenvalue weighted by Gasteiger charge is 2.38. The van der Waals surface area contributed by atoms with E-state index < -0.39 is 23.9 Å². The molecule has 0 fully saturated rings. The quantitative estimate of drug-likeness (QED) is 0.529. The van der Waals surface area contributed by atoms with Gasteiger partial charge in [-0.2, -0.15) is 0 Å². The number of carbonyl (C=O) groups is 3. The molecule has 0 spiro atoms. The van der Waals surface area contributed by atoms with E-state index in [0.717, 1.165) is 23.2 Å².